The maximum Gasteiger partial charge on any atom is 0.425 e. The molecule has 2 aromatic rings. The maximum absolute atomic E-state index is 5.92. The number of nitrogens with one attached hydrogen (secondary N) is 1. The predicted octanol–water partition coefficient (Wildman–Crippen LogP) is 3.88. The summed E-state index contributed by atoms with van der Waals surface area (Å²) in [4.78, 5) is 0. The number of nitrogens with two attached hydrogens (primary N) is 1. The van der Waals surface area contributed by atoms with E-state index in [-0.39, 0.29) is 0 Å². The predicted molar refractivity (Wildman–Crippen MR) is 69.7 cm³/mol. The van der Waals surface area contributed by atoms with E-state index in [1.165, 1.54) is 0 Å². The summed E-state index contributed by atoms with van der Waals surface area (Å²) in [5, 5.41) is 3.17. The lowest BCUT2D eigenvalue weighted by molar-refractivity contribution is 1.54. The van der Waals surface area contributed by atoms with E-state index in [0.717, 1.165) is 11.4 Å². The average molecular weight is 230 g/mol. The lowest BCUT2D eigenvalue weighted by Gasteiger charge is -1.94. The van der Waals surface area contributed by atoms with Crippen LogP contribution in [0.1, 0.15) is 0 Å². The molecule has 0 radical (unpaired) electrons. The molecule has 0 aromatic heterocycles. The number of hydrogen-bond acceptors (Lipinski definition) is 1. The molecule has 3 nitrogen and oxygen atoms in total. The van der Waals surface area contributed by atoms with Crippen molar-refractivity contribution < 1.29 is 0 Å². The van der Waals surface area contributed by atoms with E-state index in [9.17, 15) is 0 Å². The van der Waals surface area contributed by atoms with E-state index >= 15 is 0 Å². The van der Waals surface area contributed by atoms with Crippen molar-refractivity contribution in [3.8, 4) is 0 Å². The first kappa shape index (κ1) is 10.8. The van der Waals surface area contributed by atoms with Gasteiger partial charge in [0.2, 0.25) is 0 Å². The monoisotopic (exact) mass is 230 g/mol. The Morgan fingerprint density at radius 1 is 0.875 bits per heavy atom. The van der Waals surface area contributed by atoms with E-state index in [1.807, 2.05) is 60.7 Å². The summed E-state index contributed by atoms with van der Waals surface area (Å²) in [7, 11) is -1.06. The number of hydrogen-bond donors (Lipinski definition) is 2. The Morgan fingerprint density at radius 2 is 1.44 bits per heavy atom. The fourth-order valence-electron chi connectivity index (χ4n) is 1.29. The molecule has 0 aliphatic heterocycles. The van der Waals surface area contributed by atoms with Crippen LogP contribution in [-0.2, 0) is 0 Å². The SMILES string of the molecule is N[P+](=Nc1ccccc1)Nc1ccccc1. The van der Waals surface area contributed by atoms with Crippen LogP contribution in [0, 0.1) is 0 Å². The number of nitrogens with zero attached hydrogens (tertiary/aromatic N) is 1. The smallest absolute Gasteiger partial charge is 0.178 e. The minimum atomic E-state index is -1.06. The molecule has 0 aliphatic rings. The summed E-state index contributed by atoms with van der Waals surface area (Å²) in [6.07, 6.45) is 0. The highest BCUT2D eigenvalue weighted by Crippen LogP contribution is 2.25. The van der Waals surface area contributed by atoms with Gasteiger partial charge in [0.1, 0.15) is 5.69 Å². The van der Waals surface area contributed by atoms with Crippen LogP contribution in [0.15, 0.2) is 65.4 Å². The van der Waals surface area contributed by atoms with Gasteiger partial charge in [-0.2, -0.15) is 5.09 Å². The second-order valence-corrected chi connectivity index (χ2v) is 4.37. The van der Waals surface area contributed by atoms with Crippen molar-refractivity contribution in [1.29, 1.82) is 0 Å². The van der Waals surface area contributed by atoms with Crippen LogP contribution in [0.2, 0.25) is 0 Å². The summed E-state index contributed by atoms with van der Waals surface area (Å²) in [6, 6.07) is 19.6. The van der Waals surface area contributed by atoms with Crippen LogP contribution in [-0.4, -0.2) is 0 Å². The molecule has 3 N–H and O–H groups in total. The van der Waals surface area contributed by atoms with Crippen molar-refractivity contribution in [2.45, 2.75) is 0 Å². The molecule has 4 heteroatoms. The maximum atomic E-state index is 5.92. The fourth-order valence-corrected chi connectivity index (χ4v) is 2.13. The zero-order valence-electron chi connectivity index (χ0n) is 8.75. The highest BCUT2D eigenvalue weighted by molar-refractivity contribution is 7.46. The molecule has 0 saturated heterocycles. The van der Waals surface area contributed by atoms with Crippen molar-refractivity contribution in [1.82, 2.24) is 0 Å². The van der Waals surface area contributed by atoms with Gasteiger partial charge >= 0.3 is 8.01 Å². The van der Waals surface area contributed by atoms with Crippen LogP contribution >= 0.6 is 8.01 Å². The van der Waals surface area contributed by atoms with Gasteiger partial charge in [0, 0.05) is 0 Å². The van der Waals surface area contributed by atoms with Gasteiger partial charge in [0.25, 0.3) is 0 Å². The molecule has 16 heavy (non-hydrogen) atoms. The molecule has 2 rings (SSSR count). The first-order valence-electron chi connectivity index (χ1n) is 4.98. The molecule has 0 bridgehead atoms. The van der Waals surface area contributed by atoms with Gasteiger partial charge in [-0.3, -0.25) is 0 Å². The molecule has 0 spiro atoms. The Morgan fingerprint density at radius 3 is 2.06 bits per heavy atom. The van der Waals surface area contributed by atoms with E-state index in [2.05, 4.69) is 9.83 Å². The fraction of sp³-hybridized carbons (Fsp3) is 0. The second-order valence-electron chi connectivity index (χ2n) is 3.26. The number of para-hydroxylation sites is 1. The summed E-state index contributed by atoms with van der Waals surface area (Å²) >= 11 is 0. The standard InChI is InChI=1S/C12H13N3P/c13-16(14-11-7-3-1-4-8-11)15-12-9-5-2-6-10-12/h1-10H,(H3,13,14,15)/q+1. The van der Waals surface area contributed by atoms with Crippen LogP contribution in [0.4, 0.5) is 11.4 Å². The lowest BCUT2D eigenvalue weighted by atomic mass is 10.3. The third-order valence-corrected chi connectivity index (χ3v) is 2.93. The Hall–Kier alpha value is -1.70. The first-order valence-corrected chi connectivity index (χ1v) is 6.34. The molecular formula is C12H13N3P+. The average Bonchev–Trinajstić information content (AvgIpc) is 2.31. The Bertz CT molecular complexity index is 468. The molecule has 0 amide bonds. The van der Waals surface area contributed by atoms with Crippen molar-refractivity contribution in [3.63, 3.8) is 0 Å². The molecular weight excluding hydrogens is 217 g/mol. The Labute approximate surface area is 95.9 Å². The zero-order valence-corrected chi connectivity index (χ0v) is 9.64. The Kier molecular flexibility index (Phi) is 3.65. The van der Waals surface area contributed by atoms with Gasteiger partial charge in [0.05, 0.1) is 5.69 Å². The quantitative estimate of drug-likeness (QED) is 0.786. The van der Waals surface area contributed by atoms with E-state index in [4.69, 9.17) is 5.50 Å². The van der Waals surface area contributed by atoms with E-state index in [0.29, 0.717) is 0 Å². The van der Waals surface area contributed by atoms with Crippen LogP contribution in [0.25, 0.3) is 0 Å². The highest BCUT2D eigenvalue weighted by atomic mass is 31.1. The van der Waals surface area contributed by atoms with Gasteiger partial charge in [0.15, 0.2) is 0 Å². The van der Waals surface area contributed by atoms with Crippen molar-refractivity contribution in [2.24, 2.45) is 10.2 Å². The number of anilines is 1. The highest BCUT2D eigenvalue weighted by Gasteiger charge is 2.06. The van der Waals surface area contributed by atoms with Crippen LogP contribution < -0.4 is 10.6 Å². The normalized spacial score (nSPS) is 11.2. The van der Waals surface area contributed by atoms with Gasteiger partial charge in [-0.15, -0.1) is 5.50 Å². The topological polar surface area (TPSA) is 50.4 Å². The van der Waals surface area contributed by atoms with Gasteiger partial charge in [-0.25, -0.2) is 0 Å². The first-order chi connectivity index (χ1) is 7.84. The van der Waals surface area contributed by atoms with E-state index in [1.54, 1.807) is 0 Å². The van der Waals surface area contributed by atoms with Gasteiger partial charge in [-0.1, -0.05) is 36.4 Å². The molecule has 0 saturated carbocycles. The van der Waals surface area contributed by atoms with Crippen molar-refractivity contribution >= 4 is 19.4 Å². The zero-order chi connectivity index (χ0) is 11.2. The van der Waals surface area contributed by atoms with Crippen molar-refractivity contribution in [3.05, 3.63) is 60.7 Å². The lowest BCUT2D eigenvalue weighted by Crippen LogP contribution is -1.92. The summed E-state index contributed by atoms with van der Waals surface area (Å²) in [5.74, 6) is 0. The largest absolute Gasteiger partial charge is 0.425 e. The molecule has 0 heterocycles. The Balaban J connectivity index is 2.09. The number of benzene rings is 2. The third-order valence-electron chi connectivity index (χ3n) is 2.00. The minimum Gasteiger partial charge on any atom is -0.178 e. The molecule has 1 atom stereocenters. The van der Waals surface area contributed by atoms with Gasteiger partial charge < -0.3 is 0 Å². The molecule has 0 aliphatic carbocycles. The summed E-state index contributed by atoms with van der Waals surface area (Å²) < 4.78 is 4.39. The van der Waals surface area contributed by atoms with Crippen molar-refractivity contribution in [2.75, 3.05) is 5.09 Å². The molecule has 80 valence electrons. The van der Waals surface area contributed by atoms with E-state index < -0.39 is 8.01 Å². The minimum absolute atomic E-state index is 0.902. The number of rotatable bonds is 3. The van der Waals surface area contributed by atoms with Gasteiger partial charge in [-0.05, 0) is 29.0 Å². The van der Waals surface area contributed by atoms with Crippen LogP contribution in [0.3, 0.4) is 0 Å². The molecule has 0 fully saturated rings. The molecule has 2 aromatic carbocycles. The van der Waals surface area contributed by atoms with Crippen LogP contribution in [0.5, 0.6) is 0 Å². The molecule has 1 unspecified atom stereocenters. The summed E-state index contributed by atoms with van der Waals surface area (Å²) in [6.45, 7) is 0. The summed E-state index contributed by atoms with van der Waals surface area (Å²) in [5.41, 5.74) is 7.82. The second kappa shape index (κ2) is 5.40. The third kappa shape index (κ3) is 3.16.